The number of allylic oxidation sites excluding steroid dienone is 1. The molecular weight excluding hydrogens is 352 g/mol. The fraction of sp³-hybridized carbons (Fsp3) is 0.200. The minimum atomic E-state index is -0.502. The van der Waals surface area contributed by atoms with E-state index in [9.17, 15) is 9.59 Å². The summed E-state index contributed by atoms with van der Waals surface area (Å²) < 4.78 is 26.2. The molecule has 1 aliphatic rings. The van der Waals surface area contributed by atoms with Crippen molar-refractivity contribution >= 4 is 17.8 Å². The van der Waals surface area contributed by atoms with E-state index in [1.54, 1.807) is 42.5 Å². The third-order valence-corrected chi connectivity index (χ3v) is 3.95. The summed E-state index contributed by atoms with van der Waals surface area (Å²) in [4.78, 5) is 23.8. The maximum absolute atomic E-state index is 12.6. The van der Waals surface area contributed by atoms with Gasteiger partial charge in [0.05, 0.1) is 26.9 Å². The van der Waals surface area contributed by atoms with Crippen molar-refractivity contribution in [3.63, 3.8) is 0 Å². The maximum Gasteiger partial charge on any atom is 0.343 e. The van der Waals surface area contributed by atoms with Crippen molar-refractivity contribution in [3.8, 4) is 23.0 Å². The van der Waals surface area contributed by atoms with Crippen LogP contribution in [0.2, 0.25) is 0 Å². The number of benzene rings is 2. The van der Waals surface area contributed by atoms with E-state index in [1.807, 2.05) is 0 Å². The van der Waals surface area contributed by atoms with Crippen LogP contribution in [0.1, 0.15) is 15.9 Å². The number of carbonyl (C=O) groups is 2. The van der Waals surface area contributed by atoms with E-state index < -0.39 is 5.97 Å². The van der Waals surface area contributed by atoms with Gasteiger partial charge in [-0.15, -0.1) is 0 Å². The summed E-state index contributed by atoms with van der Waals surface area (Å²) in [5.74, 6) is 1.20. The van der Waals surface area contributed by atoms with Gasteiger partial charge in [-0.3, -0.25) is 4.79 Å². The van der Waals surface area contributed by atoms with E-state index in [1.165, 1.54) is 21.3 Å². The lowest BCUT2D eigenvalue weighted by Gasteiger charge is -2.10. The summed E-state index contributed by atoms with van der Waals surface area (Å²) in [6.45, 7) is -0.229. The first kappa shape index (κ1) is 18.3. The summed E-state index contributed by atoms with van der Waals surface area (Å²) in [6, 6.07) is 10.1. The standard InChI is InChI=1S/C20H18O7/c1-23-15-6-4-5-12(20(15)25-3)9-17-19(22)14-8-7-13(10-16(14)27-17)26-11-18(21)24-2/h4-10H,11H2,1-3H3. The van der Waals surface area contributed by atoms with Gasteiger partial charge in [0, 0.05) is 11.6 Å². The number of fused-ring (bicyclic) bond motifs is 1. The predicted octanol–water partition coefficient (Wildman–Crippen LogP) is 2.87. The van der Waals surface area contributed by atoms with Crippen LogP contribution in [0.5, 0.6) is 23.0 Å². The SMILES string of the molecule is COC(=O)COc1ccc2c(c1)OC(=Cc1cccc(OC)c1OC)C2=O. The van der Waals surface area contributed by atoms with E-state index in [2.05, 4.69) is 4.74 Å². The molecule has 1 heterocycles. The summed E-state index contributed by atoms with van der Waals surface area (Å²) in [5, 5.41) is 0. The van der Waals surface area contributed by atoms with Gasteiger partial charge >= 0.3 is 5.97 Å². The Morgan fingerprint density at radius 1 is 1.11 bits per heavy atom. The lowest BCUT2D eigenvalue weighted by Crippen LogP contribution is -2.12. The number of ether oxygens (including phenoxy) is 5. The van der Waals surface area contributed by atoms with E-state index in [-0.39, 0.29) is 18.1 Å². The Morgan fingerprint density at radius 3 is 2.63 bits per heavy atom. The molecule has 2 aromatic rings. The normalized spacial score (nSPS) is 13.7. The van der Waals surface area contributed by atoms with Crippen LogP contribution in [-0.2, 0) is 9.53 Å². The zero-order valence-corrected chi connectivity index (χ0v) is 15.1. The van der Waals surface area contributed by atoms with E-state index in [4.69, 9.17) is 18.9 Å². The topological polar surface area (TPSA) is 80.3 Å². The van der Waals surface area contributed by atoms with Crippen LogP contribution in [0, 0.1) is 0 Å². The molecule has 0 saturated carbocycles. The first-order chi connectivity index (χ1) is 13.1. The average molecular weight is 370 g/mol. The molecule has 27 heavy (non-hydrogen) atoms. The number of rotatable bonds is 6. The largest absolute Gasteiger partial charge is 0.493 e. The smallest absolute Gasteiger partial charge is 0.343 e. The van der Waals surface area contributed by atoms with Crippen molar-refractivity contribution < 1.29 is 33.3 Å². The van der Waals surface area contributed by atoms with Crippen molar-refractivity contribution in [3.05, 3.63) is 53.3 Å². The van der Waals surface area contributed by atoms with Crippen molar-refractivity contribution in [1.29, 1.82) is 0 Å². The van der Waals surface area contributed by atoms with Gasteiger partial charge in [0.1, 0.15) is 11.5 Å². The van der Waals surface area contributed by atoms with Gasteiger partial charge in [0.25, 0.3) is 0 Å². The number of ketones is 1. The van der Waals surface area contributed by atoms with Crippen LogP contribution in [-0.4, -0.2) is 39.7 Å². The second kappa shape index (κ2) is 7.82. The Morgan fingerprint density at radius 2 is 1.93 bits per heavy atom. The zero-order chi connectivity index (χ0) is 19.4. The molecule has 1 aliphatic heterocycles. The summed E-state index contributed by atoms with van der Waals surface area (Å²) in [5.41, 5.74) is 1.06. The zero-order valence-electron chi connectivity index (χ0n) is 15.1. The van der Waals surface area contributed by atoms with Crippen LogP contribution >= 0.6 is 0 Å². The number of hydrogen-bond donors (Lipinski definition) is 0. The highest BCUT2D eigenvalue weighted by Crippen LogP contribution is 2.37. The van der Waals surface area contributed by atoms with Crippen LogP contribution in [0.15, 0.2) is 42.2 Å². The molecule has 7 heteroatoms. The van der Waals surface area contributed by atoms with Crippen molar-refractivity contribution in [2.45, 2.75) is 0 Å². The lowest BCUT2D eigenvalue weighted by molar-refractivity contribution is -0.142. The van der Waals surface area contributed by atoms with Crippen LogP contribution in [0.25, 0.3) is 6.08 Å². The van der Waals surface area contributed by atoms with E-state index >= 15 is 0 Å². The summed E-state index contributed by atoms with van der Waals surface area (Å²) >= 11 is 0. The third-order valence-electron chi connectivity index (χ3n) is 3.95. The van der Waals surface area contributed by atoms with Gasteiger partial charge in [-0.1, -0.05) is 12.1 Å². The Hall–Kier alpha value is -3.48. The Balaban J connectivity index is 1.86. The van der Waals surface area contributed by atoms with E-state index in [0.717, 1.165) is 0 Å². The molecule has 2 aromatic carbocycles. The predicted molar refractivity (Wildman–Crippen MR) is 96.4 cm³/mol. The monoisotopic (exact) mass is 370 g/mol. The molecule has 0 aliphatic carbocycles. The number of hydrogen-bond acceptors (Lipinski definition) is 7. The lowest BCUT2D eigenvalue weighted by atomic mass is 10.1. The summed E-state index contributed by atoms with van der Waals surface area (Å²) in [6.07, 6.45) is 1.60. The fourth-order valence-electron chi connectivity index (χ4n) is 2.63. The molecule has 0 unspecified atom stereocenters. The molecule has 0 fully saturated rings. The number of methoxy groups -OCH3 is 3. The average Bonchev–Trinajstić information content (AvgIpc) is 3.00. The number of esters is 1. The van der Waals surface area contributed by atoms with Crippen molar-refractivity contribution in [2.75, 3.05) is 27.9 Å². The van der Waals surface area contributed by atoms with Gasteiger partial charge < -0.3 is 23.7 Å². The molecule has 0 atom stereocenters. The first-order valence-corrected chi connectivity index (χ1v) is 8.06. The highest BCUT2D eigenvalue weighted by Gasteiger charge is 2.28. The molecule has 3 rings (SSSR count). The van der Waals surface area contributed by atoms with Crippen LogP contribution in [0.4, 0.5) is 0 Å². The fourth-order valence-corrected chi connectivity index (χ4v) is 2.63. The highest BCUT2D eigenvalue weighted by atomic mass is 16.6. The van der Waals surface area contributed by atoms with E-state index in [0.29, 0.717) is 34.1 Å². The van der Waals surface area contributed by atoms with Gasteiger partial charge in [0.2, 0.25) is 5.78 Å². The molecule has 0 saturated heterocycles. The molecule has 7 nitrogen and oxygen atoms in total. The molecule has 140 valence electrons. The third kappa shape index (κ3) is 3.72. The van der Waals surface area contributed by atoms with Crippen molar-refractivity contribution in [2.24, 2.45) is 0 Å². The second-order valence-electron chi connectivity index (χ2n) is 5.55. The van der Waals surface area contributed by atoms with Gasteiger partial charge in [-0.05, 0) is 24.3 Å². The maximum atomic E-state index is 12.6. The Bertz CT molecular complexity index is 915. The first-order valence-electron chi connectivity index (χ1n) is 8.06. The van der Waals surface area contributed by atoms with Gasteiger partial charge in [0.15, 0.2) is 23.9 Å². The highest BCUT2D eigenvalue weighted by molar-refractivity contribution is 6.14. The molecule has 0 spiro atoms. The van der Waals surface area contributed by atoms with Gasteiger partial charge in [-0.2, -0.15) is 0 Å². The van der Waals surface area contributed by atoms with Gasteiger partial charge in [-0.25, -0.2) is 4.79 Å². The molecule has 0 amide bonds. The molecule has 0 N–H and O–H groups in total. The Kier molecular flexibility index (Phi) is 5.30. The number of para-hydroxylation sites is 1. The molecule has 0 bridgehead atoms. The number of carbonyl (C=O) groups excluding carboxylic acids is 2. The summed E-state index contributed by atoms with van der Waals surface area (Å²) in [7, 11) is 4.34. The number of Topliss-reactive ketones (excluding diaryl/α,β-unsaturated/α-hetero) is 1. The van der Waals surface area contributed by atoms with Crippen LogP contribution in [0.3, 0.4) is 0 Å². The quantitative estimate of drug-likeness (QED) is 0.571. The van der Waals surface area contributed by atoms with Crippen molar-refractivity contribution in [1.82, 2.24) is 0 Å². The molecule has 0 aromatic heterocycles. The van der Waals surface area contributed by atoms with Crippen LogP contribution < -0.4 is 18.9 Å². The molecular formula is C20H18O7. The Labute approximate surface area is 156 Å². The second-order valence-corrected chi connectivity index (χ2v) is 5.55. The minimum Gasteiger partial charge on any atom is -0.493 e. The minimum absolute atomic E-state index is 0.154. The molecule has 0 radical (unpaired) electrons.